The van der Waals surface area contributed by atoms with Crippen LogP contribution in [0, 0.1) is 0 Å². The van der Waals surface area contributed by atoms with Crippen LogP contribution in [0.25, 0.3) is 0 Å². The molecule has 1 aliphatic rings. The van der Waals surface area contributed by atoms with Gasteiger partial charge in [0.25, 0.3) is 0 Å². The van der Waals surface area contributed by atoms with Crippen molar-refractivity contribution in [3.63, 3.8) is 0 Å². The zero-order valence-electron chi connectivity index (χ0n) is 11.0. The fourth-order valence-corrected chi connectivity index (χ4v) is 2.25. The summed E-state index contributed by atoms with van der Waals surface area (Å²) in [5, 5.41) is 8.80. The minimum Gasteiger partial charge on any atom is -0.479 e. The van der Waals surface area contributed by atoms with E-state index in [-0.39, 0.29) is 6.10 Å². The highest BCUT2D eigenvalue weighted by Crippen LogP contribution is 2.20. The maximum Gasteiger partial charge on any atom is 0.332 e. The molecule has 19 heavy (non-hydrogen) atoms. The zero-order chi connectivity index (χ0) is 13.5. The molecule has 0 radical (unpaired) electrons. The van der Waals surface area contributed by atoms with Crippen LogP contribution in [0.5, 0.6) is 0 Å². The third-order valence-electron chi connectivity index (χ3n) is 3.28. The molecule has 2 rings (SSSR count). The molecule has 0 aliphatic carbocycles. The van der Waals surface area contributed by atoms with E-state index in [1.165, 1.54) is 5.56 Å². The Labute approximate surface area is 113 Å². The van der Waals surface area contributed by atoms with Crippen LogP contribution in [0.3, 0.4) is 0 Å². The minimum absolute atomic E-state index is 0.0576. The maximum absolute atomic E-state index is 10.7. The number of benzene rings is 1. The third kappa shape index (κ3) is 4.65. The van der Waals surface area contributed by atoms with Crippen LogP contribution in [-0.4, -0.2) is 36.5 Å². The average Bonchev–Trinajstić information content (AvgIpc) is 2.89. The van der Waals surface area contributed by atoms with Gasteiger partial charge in [-0.3, -0.25) is 0 Å². The number of aliphatic carboxylic acids is 1. The summed E-state index contributed by atoms with van der Waals surface area (Å²) in [5.41, 5.74) is 1.31. The predicted molar refractivity (Wildman–Crippen MR) is 71.1 cm³/mol. The number of rotatable bonds is 7. The van der Waals surface area contributed by atoms with E-state index in [2.05, 4.69) is 12.1 Å². The second kappa shape index (κ2) is 7.26. The minimum atomic E-state index is -0.869. The molecule has 1 aliphatic heterocycles. The van der Waals surface area contributed by atoms with Crippen molar-refractivity contribution in [3.05, 3.63) is 35.9 Å². The van der Waals surface area contributed by atoms with Crippen LogP contribution in [0.2, 0.25) is 0 Å². The number of hydrogen-bond donors (Lipinski definition) is 1. The molecular formula is C15H20O4. The molecule has 0 spiro atoms. The highest BCUT2D eigenvalue weighted by atomic mass is 16.6. The fourth-order valence-electron chi connectivity index (χ4n) is 2.25. The molecule has 4 heteroatoms. The van der Waals surface area contributed by atoms with Crippen molar-refractivity contribution in [2.24, 2.45) is 0 Å². The van der Waals surface area contributed by atoms with E-state index in [0.717, 1.165) is 19.3 Å². The first-order valence-electron chi connectivity index (χ1n) is 6.75. The number of ether oxygens (including phenoxy) is 2. The Bertz CT molecular complexity index is 390. The van der Waals surface area contributed by atoms with E-state index in [0.29, 0.717) is 19.6 Å². The van der Waals surface area contributed by atoms with Crippen molar-refractivity contribution in [2.45, 2.75) is 37.9 Å². The molecule has 1 aromatic rings. The summed E-state index contributed by atoms with van der Waals surface area (Å²) in [6, 6.07) is 10.3. The number of carboxylic acids is 1. The number of carbonyl (C=O) groups is 1. The summed E-state index contributed by atoms with van der Waals surface area (Å²) in [4.78, 5) is 10.7. The molecule has 1 saturated heterocycles. The fraction of sp³-hybridized carbons (Fsp3) is 0.533. The molecule has 2 unspecified atom stereocenters. The second-order valence-corrected chi connectivity index (χ2v) is 4.83. The summed E-state index contributed by atoms with van der Waals surface area (Å²) >= 11 is 0. The second-order valence-electron chi connectivity index (χ2n) is 4.83. The lowest BCUT2D eigenvalue weighted by Crippen LogP contribution is -2.23. The van der Waals surface area contributed by atoms with Crippen molar-refractivity contribution >= 4 is 5.97 Å². The van der Waals surface area contributed by atoms with Gasteiger partial charge in [-0.25, -0.2) is 4.79 Å². The lowest BCUT2D eigenvalue weighted by atomic mass is 10.1. The Morgan fingerprint density at radius 3 is 2.79 bits per heavy atom. The molecule has 1 heterocycles. The van der Waals surface area contributed by atoms with Gasteiger partial charge in [-0.05, 0) is 31.2 Å². The summed E-state index contributed by atoms with van der Waals surface area (Å²) < 4.78 is 10.9. The molecule has 0 aromatic heterocycles. The largest absolute Gasteiger partial charge is 0.479 e. The molecular weight excluding hydrogens is 244 g/mol. The molecule has 0 bridgehead atoms. The molecule has 1 N–H and O–H groups in total. The molecule has 2 atom stereocenters. The summed E-state index contributed by atoms with van der Waals surface area (Å²) in [7, 11) is 0. The average molecular weight is 264 g/mol. The predicted octanol–water partition coefficient (Wildman–Crippen LogP) is 2.27. The first kappa shape index (κ1) is 14.0. The topological polar surface area (TPSA) is 55.8 Å². The summed E-state index contributed by atoms with van der Waals surface area (Å²) in [6.07, 6.45) is 2.64. The van der Waals surface area contributed by atoms with E-state index < -0.39 is 12.1 Å². The van der Waals surface area contributed by atoms with Crippen LogP contribution < -0.4 is 0 Å². The maximum atomic E-state index is 10.7. The van der Waals surface area contributed by atoms with Gasteiger partial charge >= 0.3 is 5.97 Å². The monoisotopic (exact) mass is 264 g/mol. The van der Waals surface area contributed by atoms with Crippen LogP contribution in [0.4, 0.5) is 0 Å². The number of hydrogen-bond acceptors (Lipinski definition) is 3. The van der Waals surface area contributed by atoms with Crippen LogP contribution in [0.1, 0.15) is 24.8 Å². The number of aryl methyl sites for hydroxylation is 1. The molecule has 0 amide bonds. The van der Waals surface area contributed by atoms with E-state index in [1.54, 1.807) is 0 Å². The quantitative estimate of drug-likeness (QED) is 0.768. The van der Waals surface area contributed by atoms with Crippen molar-refractivity contribution in [3.8, 4) is 0 Å². The van der Waals surface area contributed by atoms with E-state index in [1.807, 2.05) is 18.2 Å². The van der Waals surface area contributed by atoms with Crippen molar-refractivity contribution < 1.29 is 19.4 Å². The standard InChI is InChI=1S/C15H20O4/c16-15(17)14-9-8-13(19-14)11-18-10-4-7-12-5-2-1-3-6-12/h1-3,5-6,13-14H,4,7-11H2,(H,16,17). The Morgan fingerprint density at radius 2 is 2.11 bits per heavy atom. The Balaban J connectivity index is 1.54. The van der Waals surface area contributed by atoms with Gasteiger partial charge in [0.2, 0.25) is 0 Å². The highest BCUT2D eigenvalue weighted by molar-refractivity contribution is 5.72. The van der Waals surface area contributed by atoms with Gasteiger partial charge in [0.05, 0.1) is 12.7 Å². The Morgan fingerprint density at radius 1 is 1.32 bits per heavy atom. The van der Waals surface area contributed by atoms with Crippen molar-refractivity contribution in [1.82, 2.24) is 0 Å². The van der Waals surface area contributed by atoms with Crippen LogP contribution >= 0.6 is 0 Å². The van der Waals surface area contributed by atoms with E-state index in [4.69, 9.17) is 14.6 Å². The van der Waals surface area contributed by atoms with Crippen molar-refractivity contribution in [2.75, 3.05) is 13.2 Å². The smallest absolute Gasteiger partial charge is 0.332 e. The van der Waals surface area contributed by atoms with Gasteiger partial charge in [0.1, 0.15) is 0 Å². The molecule has 4 nitrogen and oxygen atoms in total. The van der Waals surface area contributed by atoms with Gasteiger partial charge < -0.3 is 14.6 Å². The Kier molecular flexibility index (Phi) is 5.36. The van der Waals surface area contributed by atoms with Crippen LogP contribution in [-0.2, 0) is 20.7 Å². The van der Waals surface area contributed by atoms with E-state index in [9.17, 15) is 4.79 Å². The highest BCUT2D eigenvalue weighted by Gasteiger charge is 2.30. The van der Waals surface area contributed by atoms with Crippen LogP contribution in [0.15, 0.2) is 30.3 Å². The first-order chi connectivity index (χ1) is 9.25. The molecule has 1 aromatic carbocycles. The Hall–Kier alpha value is -1.39. The lowest BCUT2D eigenvalue weighted by molar-refractivity contribution is -0.150. The number of carboxylic acid groups (broad SMARTS) is 1. The lowest BCUT2D eigenvalue weighted by Gasteiger charge is -2.11. The van der Waals surface area contributed by atoms with Gasteiger partial charge in [-0.15, -0.1) is 0 Å². The SMILES string of the molecule is O=C(O)C1CCC(COCCCc2ccccc2)O1. The van der Waals surface area contributed by atoms with Gasteiger partial charge in [-0.1, -0.05) is 30.3 Å². The molecule has 0 saturated carbocycles. The summed E-state index contributed by atoms with van der Waals surface area (Å²) in [5.74, 6) is -0.869. The third-order valence-corrected chi connectivity index (χ3v) is 3.28. The molecule has 1 fully saturated rings. The van der Waals surface area contributed by atoms with E-state index >= 15 is 0 Å². The normalized spacial score (nSPS) is 22.5. The van der Waals surface area contributed by atoms with Crippen molar-refractivity contribution in [1.29, 1.82) is 0 Å². The summed E-state index contributed by atoms with van der Waals surface area (Å²) in [6.45, 7) is 1.19. The zero-order valence-corrected chi connectivity index (χ0v) is 11.0. The van der Waals surface area contributed by atoms with Gasteiger partial charge in [0, 0.05) is 6.61 Å². The molecule has 104 valence electrons. The van der Waals surface area contributed by atoms with Gasteiger partial charge in [-0.2, -0.15) is 0 Å². The van der Waals surface area contributed by atoms with Gasteiger partial charge in [0.15, 0.2) is 6.10 Å². The first-order valence-corrected chi connectivity index (χ1v) is 6.75.